The van der Waals surface area contributed by atoms with E-state index < -0.39 is 24.1 Å². The van der Waals surface area contributed by atoms with Gasteiger partial charge in [-0.05, 0) is 25.5 Å². The first-order valence-corrected chi connectivity index (χ1v) is 8.74. The van der Waals surface area contributed by atoms with Crippen molar-refractivity contribution in [3.8, 4) is 0 Å². The first kappa shape index (κ1) is 17.9. The molecule has 1 atom stereocenters. The molecule has 2 aromatic rings. The van der Waals surface area contributed by atoms with E-state index in [0.717, 1.165) is 11.3 Å². The Kier molecular flexibility index (Phi) is 4.94. The molecule has 0 bridgehead atoms. The number of methoxy groups -OCH3 is 1. The summed E-state index contributed by atoms with van der Waals surface area (Å²) in [5.41, 5.74) is 1.82. The Labute approximate surface area is 153 Å². The summed E-state index contributed by atoms with van der Waals surface area (Å²) in [5.74, 6) is -1.55. The van der Waals surface area contributed by atoms with Crippen molar-refractivity contribution in [1.82, 2.24) is 0 Å². The number of fused-ring (bicyclic) bond motifs is 1. The number of nitrogens with one attached hydrogen (secondary N) is 1. The van der Waals surface area contributed by atoms with Crippen LogP contribution in [0, 0.1) is 6.92 Å². The fourth-order valence-electron chi connectivity index (χ4n) is 2.72. The molecule has 7 nitrogen and oxygen atoms in total. The summed E-state index contributed by atoms with van der Waals surface area (Å²) >= 11 is 1.06. The molecule has 0 unspecified atom stereocenters. The van der Waals surface area contributed by atoms with E-state index in [1.54, 1.807) is 38.1 Å². The molecule has 1 aromatic carbocycles. The van der Waals surface area contributed by atoms with E-state index in [2.05, 4.69) is 5.32 Å². The van der Waals surface area contributed by atoms with Gasteiger partial charge in [0.2, 0.25) is 6.23 Å². The van der Waals surface area contributed by atoms with Gasteiger partial charge in [0.25, 0.3) is 0 Å². The minimum absolute atomic E-state index is 0.197. The number of hydrogen-bond donors (Lipinski definition) is 1. The Morgan fingerprint density at radius 3 is 2.69 bits per heavy atom. The number of thiophene rings is 1. The number of rotatable bonds is 5. The molecule has 26 heavy (non-hydrogen) atoms. The maximum Gasteiger partial charge on any atom is 0.348 e. The maximum atomic E-state index is 12.4. The Morgan fingerprint density at radius 2 is 2.00 bits per heavy atom. The number of anilines is 1. The average Bonchev–Trinajstić information content (AvgIpc) is 3.12. The number of benzene rings is 1. The Balaban J connectivity index is 2.01. The predicted octanol–water partition coefficient (Wildman–Crippen LogP) is 3.30. The van der Waals surface area contributed by atoms with Crippen molar-refractivity contribution < 1.29 is 28.6 Å². The number of esters is 3. The number of carbonyl (C=O) groups excluding carboxylic acids is 3. The zero-order valence-corrected chi connectivity index (χ0v) is 15.3. The summed E-state index contributed by atoms with van der Waals surface area (Å²) in [5, 5.41) is 3.43. The fourth-order valence-corrected chi connectivity index (χ4v) is 3.85. The Morgan fingerprint density at radius 1 is 1.27 bits per heavy atom. The monoisotopic (exact) mass is 375 g/mol. The number of carbonyl (C=O) groups is 3. The molecule has 0 saturated heterocycles. The summed E-state index contributed by atoms with van der Waals surface area (Å²) in [7, 11) is 1.27. The molecule has 3 rings (SSSR count). The van der Waals surface area contributed by atoms with Crippen molar-refractivity contribution in [3.05, 3.63) is 51.4 Å². The van der Waals surface area contributed by atoms with Crippen LogP contribution in [-0.2, 0) is 14.2 Å². The molecule has 0 aliphatic carbocycles. The summed E-state index contributed by atoms with van der Waals surface area (Å²) in [6, 6.07) is 6.98. The van der Waals surface area contributed by atoms with Gasteiger partial charge in [-0.3, -0.25) is 0 Å². The van der Waals surface area contributed by atoms with Gasteiger partial charge in [-0.2, -0.15) is 0 Å². The third-order valence-electron chi connectivity index (χ3n) is 3.95. The highest BCUT2D eigenvalue weighted by molar-refractivity contribution is 7.18. The van der Waals surface area contributed by atoms with Crippen LogP contribution in [0.1, 0.15) is 54.7 Å². The first-order valence-electron chi connectivity index (χ1n) is 7.93. The third kappa shape index (κ3) is 3.03. The van der Waals surface area contributed by atoms with E-state index in [4.69, 9.17) is 14.2 Å². The molecule has 0 amide bonds. The van der Waals surface area contributed by atoms with Crippen molar-refractivity contribution >= 4 is 34.2 Å². The van der Waals surface area contributed by atoms with Gasteiger partial charge in [0.15, 0.2) is 0 Å². The van der Waals surface area contributed by atoms with Gasteiger partial charge in [0.1, 0.15) is 9.88 Å². The molecule has 1 aromatic heterocycles. The normalized spacial score (nSPS) is 15.2. The smallest absolute Gasteiger partial charge is 0.348 e. The van der Waals surface area contributed by atoms with Gasteiger partial charge in [-0.25, -0.2) is 14.4 Å². The lowest BCUT2D eigenvalue weighted by Gasteiger charge is -2.14. The van der Waals surface area contributed by atoms with Crippen LogP contribution in [-0.4, -0.2) is 31.6 Å². The Bertz CT molecular complexity index is 888. The zero-order valence-electron chi connectivity index (χ0n) is 14.5. The largest absolute Gasteiger partial charge is 0.465 e. The molecule has 8 heteroatoms. The maximum absolute atomic E-state index is 12.4. The van der Waals surface area contributed by atoms with Crippen LogP contribution in [0.3, 0.4) is 0 Å². The molecule has 136 valence electrons. The molecule has 1 aliphatic heterocycles. The second kappa shape index (κ2) is 7.17. The fraction of sp³-hybridized carbons (Fsp3) is 0.278. The van der Waals surface area contributed by atoms with Crippen molar-refractivity contribution in [2.45, 2.75) is 20.1 Å². The molecular weight excluding hydrogens is 358 g/mol. The quantitative estimate of drug-likeness (QED) is 0.633. The summed E-state index contributed by atoms with van der Waals surface area (Å²) in [4.78, 5) is 36.6. The second-order valence-electron chi connectivity index (χ2n) is 5.49. The zero-order chi connectivity index (χ0) is 18.8. The third-order valence-corrected chi connectivity index (χ3v) is 5.15. The minimum Gasteiger partial charge on any atom is -0.465 e. The van der Waals surface area contributed by atoms with Gasteiger partial charge in [0, 0.05) is 5.56 Å². The van der Waals surface area contributed by atoms with Gasteiger partial charge >= 0.3 is 17.9 Å². The van der Waals surface area contributed by atoms with Gasteiger partial charge < -0.3 is 19.5 Å². The van der Waals surface area contributed by atoms with E-state index in [1.807, 2.05) is 0 Å². The number of cyclic esters (lactones) is 1. The SMILES string of the molecule is CCOC(=O)c1c(N[C@H]2OC(=O)c3ccccc32)sc(C(=O)OC)c1C. The van der Waals surface area contributed by atoms with Crippen molar-refractivity contribution in [2.24, 2.45) is 0 Å². The highest BCUT2D eigenvalue weighted by atomic mass is 32.1. The molecule has 0 fully saturated rings. The lowest BCUT2D eigenvalue weighted by Crippen LogP contribution is -2.13. The average molecular weight is 375 g/mol. The highest BCUT2D eigenvalue weighted by Gasteiger charge is 2.33. The molecule has 0 radical (unpaired) electrons. The van der Waals surface area contributed by atoms with E-state index in [1.165, 1.54) is 7.11 Å². The summed E-state index contributed by atoms with van der Waals surface area (Å²) in [6.45, 7) is 3.54. The van der Waals surface area contributed by atoms with E-state index in [9.17, 15) is 14.4 Å². The van der Waals surface area contributed by atoms with Crippen LogP contribution in [0.2, 0.25) is 0 Å². The van der Waals surface area contributed by atoms with Gasteiger partial charge in [-0.15, -0.1) is 11.3 Å². The lowest BCUT2D eigenvalue weighted by molar-refractivity contribution is 0.0437. The van der Waals surface area contributed by atoms with E-state index >= 15 is 0 Å². The second-order valence-corrected chi connectivity index (χ2v) is 6.51. The van der Waals surface area contributed by atoms with Crippen LogP contribution in [0.15, 0.2) is 24.3 Å². The minimum atomic E-state index is -0.754. The Hall–Kier alpha value is -2.87. The summed E-state index contributed by atoms with van der Waals surface area (Å²) in [6.07, 6.45) is -0.754. The topological polar surface area (TPSA) is 90.9 Å². The van der Waals surface area contributed by atoms with Crippen LogP contribution in [0.4, 0.5) is 5.00 Å². The number of hydrogen-bond acceptors (Lipinski definition) is 8. The van der Waals surface area contributed by atoms with Gasteiger partial charge in [-0.1, -0.05) is 18.2 Å². The molecule has 0 saturated carbocycles. The predicted molar refractivity (Wildman–Crippen MR) is 94.6 cm³/mol. The summed E-state index contributed by atoms with van der Waals surface area (Å²) < 4.78 is 15.2. The molecule has 0 spiro atoms. The molecule has 2 heterocycles. The standard InChI is InChI=1S/C18H17NO6S/c1-4-24-17(21)12-9(2)13(18(22)23-3)26-15(12)19-14-10-7-5-6-8-11(10)16(20)25-14/h5-8,14,19H,4H2,1-3H3/t14-/m0/s1. The molecular formula is C18H17NO6S. The van der Waals surface area contributed by atoms with Gasteiger partial charge in [0.05, 0.1) is 24.8 Å². The number of ether oxygens (including phenoxy) is 3. The highest BCUT2D eigenvalue weighted by Crippen LogP contribution is 2.39. The van der Waals surface area contributed by atoms with Crippen LogP contribution >= 0.6 is 11.3 Å². The van der Waals surface area contributed by atoms with E-state index in [0.29, 0.717) is 21.7 Å². The van der Waals surface area contributed by atoms with E-state index in [-0.39, 0.29) is 17.0 Å². The molecule has 1 N–H and O–H groups in total. The van der Waals surface area contributed by atoms with Crippen molar-refractivity contribution in [3.63, 3.8) is 0 Å². The lowest BCUT2D eigenvalue weighted by atomic mass is 10.1. The van der Waals surface area contributed by atoms with Crippen LogP contribution in [0.5, 0.6) is 0 Å². The molecule has 1 aliphatic rings. The van der Waals surface area contributed by atoms with Crippen molar-refractivity contribution in [1.29, 1.82) is 0 Å². The van der Waals surface area contributed by atoms with Crippen LogP contribution in [0.25, 0.3) is 0 Å². The first-order chi connectivity index (χ1) is 12.5. The van der Waals surface area contributed by atoms with Crippen molar-refractivity contribution in [2.75, 3.05) is 19.0 Å². The van der Waals surface area contributed by atoms with Crippen LogP contribution < -0.4 is 5.32 Å².